The second-order valence-corrected chi connectivity index (χ2v) is 4.46. The Morgan fingerprint density at radius 2 is 1.82 bits per heavy atom. The van der Waals surface area contributed by atoms with Crippen molar-refractivity contribution in [3.8, 4) is 0 Å². The molecule has 5 heteroatoms. The highest BCUT2D eigenvalue weighted by molar-refractivity contribution is 5.80. The van der Waals surface area contributed by atoms with Gasteiger partial charge in [0.05, 0.1) is 6.10 Å². The number of carbonyl (C=O) groups excluding carboxylic acids is 2. The molecule has 0 heterocycles. The summed E-state index contributed by atoms with van der Waals surface area (Å²) >= 11 is 0. The fraction of sp³-hybridized carbons (Fsp3) is 0.833. The Bertz CT molecular complexity index is 280. The van der Waals surface area contributed by atoms with E-state index in [0.717, 1.165) is 25.7 Å². The van der Waals surface area contributed by atoms with Crippen LogP contribution in [0.25, 0.3) is 0 Å². The summed E-state index contributed by atoms with van der Waals surface area (Å²) in [5, 5.41) is 0. The van der Waals surface area contributed by atoms with Crippen LogP contribution in [0.15, 0.2) is 0 Å². The fourth-order valence-corrected chi connectivity index (χ4v) is 1.98. The molecule has 0 radical (unpaired) electrons. The van der Waals surface area contributed by atoms with Gasteiger partial charge in [-0.3, -0.25) is 9.59 Å². The van der Waals surface area contributed by atoms with Crippen molar-refractivity contribution in [1.29, 1.82) is 0 Å². The van der Waals surface area contributed by atoms with Gasteiger partial charge in [0.15, 0.2) is 0 Å². The minimum Gasteiger partial charge on any atom is -0.458 e. The lowest BCUT2D eigenvalue weighted by Crippen LogP contribution is -2.39. The van der Waals surface area contributed by atoms with Crippen LogP contribution in [0.2, 0.25) is 0 Å². The molecule has 0 aliphatic heterocycles. The Kier molecular flexibility index (Phi) is 5.41. The lowest BCUT2D eigenvalue weighted by atomic mass is 9.94. The minimum absolute atomic E-state index is 0.00225. The predicted octanol–water partition coefficient (Wildman–Crippen LogP) is 0.965. The minimum atomic E-state index is -0.364. The van der Waals surface area contributed by atoms with E-state index in [9.17, 15) is 9.59 Å². The van der Waals surface area contributed by atoms with Crippen LogP contribution in [0.1, 0.15) is 32.6 Å². The topological polar surface area (TPSA) is 55.8 Å². The molecule has 0 aromatic heterocycles. The molecule has 1 aliphatic rings. The maximum atomic E-state index is 11.6. The number of hydrogen-bond donors (Lipinski definition) is 0. The number of esters is 1. The molecule has 1 rings (SSSR count). The number of ether oxygens (including phenoxy) is 2. The molecular formula is C12H21NO4. The summed E-state index contributed by atoms with van der Waals surface area (Å²) in [7, 11) is 3.22. The highest BCUT2D eigenvalue weighted by Gasteiger charge is 2.28. The molecule has 1 saturated carbocycles. The van der Waals surface area contributed by atoms with Gasteiger partial charge in [-0.15, -0.1) is 0 Å². The van der Waals surface area contributed by atoms with E-state index in [2.05, 4.69) is 0 Å². The summed E-state index contributed by atoms with van der Waals surface area (Å²) in [4.78, 5) is 23.9. The standard InChI is InChI=1S/C12H21NO4/c1-9(14)13(2)8-12(15)17-11-7-5-4-6-10(11)16-3/h10-11H,4-8H2,1-3H3. The fourth-order valence-electron chi connectivity index (χ4n) is 1.98. The van der Waals surface area contributed by atoms with Crippen LogP contribution in [0.5, 0.6) is 0 Å². The second kappa shape index (κ2) is 6.59. The summed E-state index contributed by atoms with van der Waals surface area (Å²) in [6.07, 6.45) is 3.77. The summed E-state index contributed by atoms with van der Waals surface area (Å²) in [6.45, 7) is 1.42. The Labute approximate surface area is 102 Å². The van der Waals surface area contributed by atoms with E-state index in [0.29, 0.717) is 0 Å². The summed E-state index contributed by atoms with van der Waals surface area (Å²) in [5.41, 5.74) is 0. The smallest absolute Gasteiger partial charge is 0.325 e. The monoisotopic (exact) mass is 243 g/mol. The van der Waals surface area contributed by atoms with Gasteiger partial charge in [0.1, 0.15) is 12.6 Å². The molecule has 1 amide bonds. The van der Waals surface area contributed by atoms with Crippen LogP contribution in [0, 0.1) is 0 Å². The van der Waals surface area contributed by atoms with E-state index in [-0.39, 0.29) is 30.6 Å². The first-order valence-corrected chi connectivity index (χ1v) is 5.98. The maximum absolute atomic E-state index is 11.6. The van der Waals surface area contributed by atoms with E-state index in [1.54, 1.807) is 14.2 Å². The van der Waals surface area contributed by atoms with Crippen molar-refractivity contribution in [1.82, 2.24) is 4.90 Å². The Hall–Kier alpha value is -1.10. The lowest BCUT2D eigenvalue weighted by molar-refractivity contribution is -0.161. The van der Waals surface area contributed by atoms with E-state index in [1.807, 2.05) is 0 Å². The van der Waals surface area contributed by atoms with E-state index in [4.69, 9.17) is 9.47 Å². The van der Waals surface area contributed by atoms with Gasteiger partial charge in [0.2, 0.25) is 5.91 Å². The Balaban J connectivity index is 2.41. The SMILES string of the molecule is COC1CCCCC1OC(=O)CN(C)C(C)=O. The zero-order chi connectivity index (χ0) is 12.8. The van der Waals surface area contributed by atoms with Crippen molar-refractivity contribution in [3.63, 3.8) is 0 Å². The number of methoxy groups -OCH3 is 1. The maximum Gasteiger partial charge on any atom is 0.325 e. The van der Waals surface area contributed by atoms with Crippen LogP contribution in [-0.4, -0.2) is 49.7 Å². The molecule has 0 spiro atoms. The molecular weight excluding hydrogens is 222 g/mol. The quantitative estimate of drug-likeness (QED) is 0.690. The van der Waals surface area contributed by atoms with Gasteiger partial charge in [0, 0.05) is 21.1 Å². The largest absolute Gasteiger partial charge is 0.458 e. The molecule has 0 bridgehead atoms. The predicted molar refractivity (Wildman–Crippen MR) is 62.5 cm³/mol. The third-order valence-corrected chi connectivity index (χ3v) is 3.13. The van der Waals surface area contributed by atoms with E-state index < -0.39 is 0 Å². The summed E-state index contributed by atoms with van der Waals surface area (Å²) in [5.74, 6) is -0.509. The number of nitrogens with zero attached hydrogens (tertiary/aromatic N) is 1. The third-order valence-electron chi connectivity index (χ3n) is 3.13. The van der Waals surface area contributed by atoms with Crippen molar-refractivity contribution in [2.24, 2.45) is 0 Å². The first-order valence-electron chi connectivity index (χ1n) is 5.98. The summed E-state index contributed by atoms with van der Waals surface area (Å²) in [6, 6.07) is 0. The number of hydrogen-bond acceptors (Lipinski definition) is 4. The number of rotatable bonds is 4. The van der Waals surface area contributed by atoms with E-state index in [1.165, 1.54) is 11.8 Å². The van der Waals surface area contributed by atoms with Gasteiger partial charge < -0.3 is 14.4 Å². The van der Waals surface area contributed by atoms with Crippen molar-refractivity contribution < 1.29 is 19.1 Å². The van der Waals surface area contributed by atoms with E-state index >= 15 is 0 Å². The van der Waals surface area contributed by atoms with Gasteiger partial charge in [0.25, 0.3) is 0 Å². The zero-order valence-electron chi connectivity index (χ0n) is 10.8. The molecule has 17 heavy (non-hydrogen) atoms. The molecule has 5 nitrogen and oxygen atoms in total. The molecule has 0 aromatic carbocycles. The van der Waals surface area contributed by atoms with Gasteiger partial charge in [-0.2, -0.15) is 0 Å². The molecule has 1 fully saturated rings. The first kappa shape index (κ1) is 14.0. The molecule has 2 atom stereocenters. The van der Waals surface area contributed by atoms with Crippen LogP contribution in [0.3, 0.4) is 0 Å². The van der Waals surface area contributed by atoms with Gasteiger partial charge in [-0.25, -0.2) is 0 Å². The molecule has 0 saturated heterocycles. The highest BCUT2D eigenvalue weighted by atomic mass is 16.6. The molecule has 0 N–H and O–H groups in total. The van der Waals surface area contributed by atoms with Crippen molar-refractivity contribution in [2.75, 3.05) is 20.7 Å². The van der Waals surface area contributed by atoms with Gasteiger partial charge in [-0.05, 0) is 19.3 Å². The van der Waals surface area contributed by atoms with Crippen LogP contribution in [0.4, 0.5) is 0 Å². The Morgan fingerprint density at radius 3 is 2.35 bits per heavy atom. The average Bonchev–Trinajstić information content (AvgIpc) is 2.29. The third kappa shape index (κ3) is 4.34. The van der Waals surface area contributed by atoms with Gasteiger partial charge in [-0.1, -0.05) is 6.42 Å². The molecule has 1 aliphatic carbocycles. The highest BCUT2D eigenvalue weighted by Crippen LogP contribution is 2.23. The average molecular weight is 243 g/mol. The number of carbonyl (C=O) groups is 2. The number of amides is 1. The van der Waals surface area contributed by atoms with Crippen molar-refractivity contribution >= 4 is 11.9 Å². The number of likely N-dealkylation sites (N-methyl/N-ethyl adjacent to an activating group) is 1. The zero-order valence-corrected chi connectivity index (χ0v) is 10.8. The molecule has 98 valence electrons. The normalized spacial score (nSPS) is 24.2. The molecule has 0 aromatic rings. The Morgan fingerprint density at radius 1 is 1.24 bits per heavy atom. The van der Waals surface area contributed by atoms with Crippen molar-refractivity contribution in [2.45, 2.75) is 44.8 Å². The second-order valence-electron chi connectivity index (χ2n) is 4.46. The molecule has 2 unspecified atom stereocenters. The first-order chi connectivity index (χ1) is 8.04. The van der Waals surface area contributed by atoms with Crippen LogP contribution < -0.4 is 0 Å². The summed E-state index contributed by atoms with van der Waals surface area (Å²) < 4.78 is 10.7. The van der Waals surface area contributed by atoms with Crippen LogP contribution in [-0.2, 0) is 19.1 Å². The van der Waals surface area contributed by atoms with Crippen LogP contribution >= 0.6 is 0 Å². The van der Waals surface area contributed by atoms with Gasteiger partial charge >= 0.3 is 5.97 Å². The lowest BCUT2D eigenvalue weighted by Gasteiger charge is -2.30. The van der Waals surface area contributed by atoms with Crippen molar-refractivity contribution in [3.05, 3.63) is 0 Å².